The topological polar surface area (TPSA) is 61.6 Å². The zero-order valence-corrected chi connectivity index (χ0v) is 20.2. The van der Waals surface area contributed by atoms with Crippen LogP contribution in [0.3, 0.4) is 0 Å². The van der Waals surface area contributed by atoms with Crippen LogP contribution in [0, 0.1) is 12.7 Å². The summed E-state index contributed by atoms with van der Waals surface area (Å²) in [5.74, 6) is -0.387. The second-order valence-corrected chi connectivity index (χ2v) is 9.11. The number of piperazine rings is 1. The summed E-state index contributed by atoms with van der Waals surface area (Å²) in [5.41, 5.74) is 3.37. The molecule has 0 spiro atoms. The first kappa shape index (κ1) is 23.8. The number of para-hydroxylation sites is 1. The van der Waals surface area contributed by atoms with E-state index in [1.165, 1.54) is 12.1 Å². The molecule has 1 saturated heterocycles. The molecule has 0 aliphatic carbocycles. The molecule has 0 unspecified atom stereocenters. The van der Waals surface area contributed by atoms with Crippen LogP contribution >= 0.6 is 0 Å². The Balaban J connectivity index is 1.53. The van der Waals surface area contributed by atoms with E-state index in [0.717, 1.165) is 30.0 Å². The molecule has 184 valence electrons. The maximum Gasteiger partial charge on any atom is 0.260 e. The monoisotopic (exact) mass is 484 g/mol. The average molecular weight is 485 g/mol. The average Bonchev–Trinajstić information content (AvgIpc) is 2.91. The van der Waals surface area contributed by atoms with Gasteiger partial charge in [-0.1, -0.05) is 36.4 Å². The molecular formula is C29H29FN4O2. The lowest BCUT2D eigenvalue weighted by molar-refractivity contribution is 0.207. The van der Waals surface area contributed by atoms with Crippen LogP contribution in [0.15, 0.2) is 89.9 Å². The molecule has 2 aromatic carbocycles. The largest absolute Gasteiger partial charge is 0.507 e. The van der Waals surface area contributed by atoms with Crippen molar-refractivity contribution in [2.24, 2.45) is 0 Å². The summed E-state index contributed by atoms with van der Waals surface area (Å²) < 4.78 is 15.5. The van der Waals surface area contributed by atoms with Crippen LogP contribution in [-0.4, -0.2) is 45.7 Å². The van der Waals surface area contributed by atoms with Gasteiger partial charge < -0.3 is 14.6 Å². The molecule has 0 amide bonds. The number of aromatic hydroxyl groups is 1. The minimum absolute atomic E-state index is 0.0467. The Morgan fingerprint density at radius 2 is 1.64 bits per heavy atom. The molecule has 1 N–H and O–H groups in total. The van der Waals surface area contributed by atoms with Crippen molar-refractivity contribution < 1.29 is 9.50 Å². The van der Waals surface area contributed by atoms with Crippen LogP contribution in [0.4, 0.5) is 10.1 Å². The molecule has 3 heterocycles. The van der Waals surface area contributed by atoms with Crippen LogP contribution in [0.1, 0.15) is 28.6 Å². The highest BCUT2D eigenvalue weighted by atomic mass is 19.1. The molecule has 5 rings (SSSR count). The van der Waals surface area contributed by atoms with Crippen LogP contribution in [0.5, 0.6) is 5.75 Å². The molecule has 0 radical (unpaired) electrons. The standard InChI is InChI=1S/C29H29FN4O2/c1-21-19-26(35)27(29(36)34(21)20-24-7-5-6-14-31-24)28(22-10-12-23(30)13-11-22)33-17-15-32(16-18-33)25-8-3-2-4-9-25/h2-14,19,28,35H,15-18,20H2,1H3/t28-/m0/s1. The molecule has 0 saturated carbocycles. The Kier molecular flexibility index (Phi) is 6.82. The summed E-state index contributed by atoms with van der Waals surface area (Å²) in [7, 11) is 0. The number of hydrogen-bond acceptors (Lipinski definition) is 5. The molecule has 36 heavy (non-hydrogen) atoms. The highest BCUT2D eigenvalue weighted by Crippen LogP contribution is 2.34. The number of hydrogen-bond donors (Lipinski definition) is 1. The fourth-order valence-electron chi connectivity index (χ4n) is 4.96. The predicted molar refractivity (Wildman–Crippen MR) is 139 cm³/mol. The van der Waals surface area contributed by atoms with Crippen molar-refractivity contribution in [3.63, 3.8) is 0 Å². The number of nitrogens with zero attached hydrogens (tertiary/aromatic N) is 4. The Hall–Kier alpha value is -3.97. The number of rotatable bonds is 6. The molecule has 6 nitrogen and oxygen atoms in total. The first-order valence-corrected chi connectivity index (χ1v) is 12.1. The fraction of sp³-hybridized carbons (Fsp3) is 0.241. The van der Waals surface area contributed by atoms with Gasteiger partial charge in [-0.15, -0.1) is 0 Å². The minimum Gasteiger partial charge on any atom is -0.507 e. The molecule has 7 heteroatoms. The summed E-state index contributed by atoms with van der Waals surface area (Å²) in [6.45, 7) is 5.02. The van der Waals surface area contributed by atoms with E-state index in [1.54, 1.807) is 35.9 Å². The van der Waals surface area contributed by atoms with Crippen LogP contribution in [0.2, 0.25) is 0 Å². The van der Waals surface area contributed by atoms with Gasteiger partial charge >= 0.3 is 0 Å². The summed E-state index contributed by atoms with van der Waals surface area (Å²) in [6, 6.07) is 23.2. The van der Waals surface area contributed by atoms with Crippen molar-refractivity contribution in [3.05, 3.63) is 124 Å². The number of aromatic nitrogens is 2. The van der Waals surface area contributed by atoms with Crippen LogP contribution in [0.25, 0.3) is 0 Å². The summed E-state index contributed by atoms with van der Waals surface area (Å²) in [6.07, 6.45) is 1.70. The van der Waals surface area contributed by atoms with Gasteiger partial charge in [-0.3, -0.25) is 14.7 Å². The highest BCUT2D eigenvalue weighted by Gasteiger charge is 2.31. The van der Waals surface area contributed by atoms with E-state index >= 15 is 0 Å². The summed E-state index contributed by atoms with van der Waals surface area (Å²) in [5, 5.41) is 11.1. The van der Waals surface area contributed by atoms with E-state index in [4.69, 9.17) is 0 Å². The van der Waals surface area contributed by atoms with Gasteiger partial charge in [0.2, 0.25) is 0 Å². The summed E-state index contributed by atoms with van der Waals surface area (Å²) in [4.78, 5) is 22.8. The minimum atomic E-state index is -0.508. The van der Waals surface area contributed by atoms with Crippen molar-refractivity contribution in [3.8, 4) is 5.75 Å². The van der Waals surface area contributed by atoms with Gasteiger partial charge in [-0.25, -0.2) is 4.39 Å². The lowest BCUT2D eigenvalue weighted by atomic mass is 9.95. The third kappa shape index (κ3) is 4.88. The maximum atomic E-state index is 13.9. The van der Waals surface area contributed by atoms with E-state index in [1.807, 2.05) is 36.4 Å². The van der Waals surface area contributed by atoms with Gasteiger partial charge in [-0.05, 0) is 55.0 Å². The lowest BCUT2D eigenvalue weighted by Crippen LogP contribution is -2.49. The Labute approximate surface area is 209 Å². The molecule has 1 aliphatic heterocycles. The molecule has 2 aromatic heterocycles. The highest BCUT2D eigenvalue weighted by molar-refractivity contribution is 5.47. The summed E-state index contributed by atoms with van der Waals surface area (Å²) >= 11 is 0. The van der Waals surface area contributed by atoms with Gasteiger partial charge in [0.05, 0.1) is 23.8 Å². The number of benzene rings is 2. The quantitative estimate of drug-likeness (QED) is 0.441. The van der Waals surface area contributed by atoms with E-state index in [9.17, 15) is 14.3 Å². The zero-order chi connectivity index (χ0) is 25.1. The van der Waals surface area contributed by atoms with Gasteiger partial charge in [0, 0.05) is 43.8 Å². The van der Waals surface area contributed by atoms with E-state index in [-0.39, 0.29) is 17.1 Å². The maximum absolute atomic E-state index is 13.9. The van der Waals surface area contributed by atoms with Gasteiger partial charge in [0.1, 0.15) is 11.6 Å². The van der Waals surface area contributed by atoms with Gasteiger partial charge in [0.25, 0.3) is 5.56 Å². The SMILES string of the molecule is Cc1cc(O)c([C@H](c2ccc(F)cc2)N2CCN(c3ccccc3)CC2)c(=O)n1Cc1ccccn1. The second kappa shape index (κ2) is 10.3. The lowest BCUT2D eigenvalue weighted by Gasteiger charge is -2.40. The molecule has 4 aromatic rings. The number of halogens is 1. The van der Waals surface area contributed by atoms with Gasteiger partial charge in [-0.2, -0.15) is 0 Å². The van der Waals surface area contributed by atoms with Crippen molar-refractivity contribution in [2.45, 2.75) is 19.5 Å². The predicted octanol–water partition coefficient (Wildman–Crippen LogP) is 4.36. The van der Waals surface area contributed by atoms with Crippen molar-refractivity contribution in [1.29, 1.82) is 0 Å². The van der Waals surface area contributed by atoms with Crippen molar-refractivity contribution in [2.75, 3.05) is 31.1 Å². The zero-order valence-electron chi connectivity index (χ0n) is 20.2. The van der Waals surface area contributed by atoms with Crippen molar-refractivity contribution in [1.82, 2.24) is 14.5 Å². The number of pyridine rings is 2. The van der Waals surface area contributed by atoms with E-state index in [2.05, 4.69) is 26.9 Å². The fourth-order valence-corrected chi connectivity index (χ4v) is 4.96. The second-order valence-electron chi connectivity index (χ2n) is 9.11. The first-order valence-electron chi connectivity index (χ1n) is 12.1. The smallest absolute Gasteiger partial charge is 0.260 e. The van der Waals surface area contributed by atoms with Crippen LogP contribution < -0.4 is 10.5 Å². The third-order valence-corrected chi connectivity index (χ3v) is 6.83. The molecule has 1 aliphatic rings. The van der Waals surface area contributed by atoms with Gasteiger partial charge in [0.15, 0.2) is 0 Å². The Bertz CT molecular complexity index is 1370. The Morgan fingerprint density at radius 1 is 0.944 bits per heavy atom. The molecular weight excluding hydrogens is 455 g/mol. The molecule has 0 bridgehead atoms. The first-order chi connectivity index (χ1) is 17.5. The molecule has 1 atom stereocenters. The van der Waals surface area contributed by atoms with E-state index in [0.29, 0.717) is 30.9 Å². The molecule has 1 fully saturated rings. The number of aryl methyl sites for hydroxylation is 1. The van der Waals surface area contributed by atoms with Crippen LogP contribution in [-0.2, 0) is 6.54 Å². The van der Waals surface area contributed by atoms with E-state index < -0.39 is 6.04 Å². The third-order valence-electron chi connectivity index (χ3n) is 6.83. The number of anilines is 1. The van der Waals surface area contributed by atoms with Crippen molar-refractivity contribution >= 4 is 5.69 Å². The normalized spacial score (nSPS) is 15.1. The Morgan fingerprint density at radius 3 is 2.31 bits per heavy atom.